The second-order valence-corrected chi connectivity index (χ2v) is 2.61. The first-order valence-corrected chi connectivity index (χ1v) is 4.16. The van der Waals surface area contributed by atoms with Crippen LogP contribution < -0.4 is 0 Å². The van der Waals surface area contributed by atoms with Crippen molar-refractivity contribution in [1.29, 1.82) is 0 Å². The molecule has 0 spiro atoms. The fourth-order valence-electron chi connectivity index (χ4n) is 1.07. The van der Waals surface area contributed by atoms with E-state index in [0.717, 1.165) is 0 Å². The summed E-state index contributed by atoms with van der Waals surface area (Å²) in [5.74, 6) is -1.04. The van der Waals surface area contributed by atoms with E-state index in [2.05, 4.69) is 20.5 Å². The van der Waals surface area contributed by atoms with Crippen molar-refractivity contribution in [3.8, 4) is 0 Å². The third-order valence-corrected chi connectivity index (χ3v) is 1.63. The van der Waals surface area contributed by atoms with Gasteiger partial charge in [-0.3, -0.25) is 0 Å². The summed E-state index contributed by atoms with van der Waals surface area (Å²) in [6, 6.07) is 4.50. The van der Waals surface area contributed by atoms with Gasteiger partial charge in [-0.05, 0) is 18.2 Å². The third-order valence-electron chi connectivity index (χ3n) is 1.63. The maximum atomic E-state index is 10.8. The van der Waals surface area contributed by atoms with Gasteiger partial charge in [0.15, 0.2) is 0 Å². The molecule has 15 heavy (non-hydrogen) atoms. The topological polar surface area (TPSA) is 86.7 Å². The Morgan fingerprint density at radius 3 is 2.40 bits per heavy atom. The number of carboxylic acid groups (broad SMARTS) is 1. The molecule has 0 amide bonds. The van der Waals surface area contributed by atoms with Gasteiger partial charge < -0.3 is 5.11 Å². The number of azo groups is 2. The molecule has 78 valence electrons. The summed E-state index contributed by atoms with van der Waals surface area (Å²) in [5.41, 5.74) is 0.912. The Bertz CT molecular complexity index is 426. The smallest absolute Gasteiger partial charge is 0.337 e. The molecular formula is C9H10N4O2. The molecule has 0 saturated heterocycles. The van der Waals surface area contributed by atoms with Crippen molar-refractivity contribution in [1.82, 2.24) is 0 Å². The number of hydrogen-bond acceptors (Lipinski definition) is 5. The first-order chi connectivity index (χ1) is 7.19. The lowest BCUT2D eigenvalue weighted by Crippen LogP contribution is -1.95. The molecule has 1 N–H and O–H groups in total. The fourth-order valence-corrected chi connectivity index (χ4v) is 1.07. The van der Waals surface area contributed by atoms with E-state index in [4.69, 9.17) is 5.11 Å². The fraction of sp³-hybridized carbons (Fsp3) is 0.222. The van der Waals surface area contributed by atoms with Crippen LogP contribution in [-0.4, -0.2) is 25.2 Å². The molecule has 1 aromatic rings. The Morgan fingerprint density at radius 1 is 1.20 bits per heavy atom. The summed E-state index contributed by atoms with van der Waals surface area (Å²) in [6.07, 6.45) is 0. The van der Waals surface area contributed by atoms with E-state index in [1.807, 2.05) is 0 Å². The highest BCUT2D eigenvalue weighted by atomic mass is 16.4. The maximum Gasteiger partial charge on any atom is 0.337 e. The summed E-state index contributed by atoms with van der Waals surface area (Å²) < 4.78 is 0. The number of hydrogen-bond donors (Lipinski definition) is 1. The number of rotatable bonds is 3. The average molecular weight is 206 g/mol. The van der Waals surface area contributed by atoms with E-state index in [1.165, 1.54) is 26.2 Å². The number of nitrogens with zero attached hydrogens (tertiary/aromatic N) is 4. The summed E-state index contributed by atoms with van der Waals surface area (Å²) >= 11 is 0. The zero-order valence-electron chi connectivity index (χ0n) is 8.38. The van der Waals surface area contributed by atoms with E-state index in [0.29, 0.717) is 5.69 Å². The minimum absolute atomic E-state index is 0.0932. The largest absolute Gasteiger partial charge is 0.478 e. The van der Waals surface area contributed by atoms with Crippen LogP contribution in [0.3, 0.4) is 0 Å². The normalized spacial score (nSPS) is 11.3. The molecule has 0 radical (unpaired) electrons. The third kappa shape index (κ3) is 2.67. The second-order valence-electron chi connectivity index (χ2n) is 2.61. The Balaban J connectivity index is 3.26. The lowest BCUT2D eigenvalue weighted by Gasteiger charge is -1.99. The Morgan fingerprint density at radius 2 is 1.87 bits per heavy atom. The van der Waals surface area contributed by atoms with Crippen LogP contribution in [0.1, 0.15) is 10.4 Å². The molecule has 1 rings (SSSR count). The van der Waals surface area contributed by atoms with Gasteiger partial charge in [-0.25, -0.2) is 4.79 Å². The zero-order valence-corrected chi connectivity index (χ0v) is 8.38. The number of carboxylic acids is 1. The average Bonchev–Trinajstić information content (AvgIpc) is 2.18. The van der Waals surface area contributed by atoms with Gasteiger partial charge in [0.05, 0.1) is 11.3 Å². The second kappa shape index (κ2) is 4.94. The van der Waals surface area contributed by atoms with Crippen LogP contribution >= 0.6 is 0 Å². The molecule has 6 nitrogen and oxygen atoms in total. The van der Waals surface area contributed by atoms with Crippen LogP contribution in [0, 0.1) is 0 Å². The lowest BCUT2D eigenvalue weighted by atomic mass is 10.1. The molecule has 0 aliphatic rings. The van der Waals surface area contributed by atoms with Gasteiger partial charge >= 0.3 is 5.97 Å². The van der Waals surface area contributed by atoms with E-state index >= 15 is 0 Å². The van der Waals surface area contributed by atoms with E-state index in [9.17, 15) is 4.79 Å². The maximum absolute atomic E-state index is 10.8. The minimum atomic E-state index is -1.04. The van der Waals surface area contributed by atoms with Crippen molar-refractivity contribution in [2.75, 3.05) is 14.1 Å². The van der Waals surface area contributed by atoms with Gasteiger partial charge in [0.2, 0.25) is 0 Å². The highest BCUT2D eigenvalue weighted by molar-refractivity contribution is 5.93. The van der Waals surface area contributed by atoms with Gasteiger partial charge in [0, 0.05) is 14.1 Å². The molecular weight excluding hydrogens is 196 g/mol. The number of benzene rings is 1. The molecule has 6 heteroatoms. The molecule has 0 saturated carbocycles. The lowest BCUT2D eigenvalue weighted by molar-refractivity contribution is 0.0698. The molecule has 0 aliphatic carbocycles. The Kier molecular flexibility index (Phi) is 3.61. The van der Waals surface area contributed by atoms with Gasteiger partial charge in [-0.2, -0.15) is 20.5 Å². The Hall–Kier alpha value is -2.11. The van der Waals surface area contributed by atoms with Crippen LogP contribution in [0.5, 0.6) is 0 Å². The summed E-state index contributed by atoms with van der Waals surface area (Å²) in [6.45, 7) is 0. The van der Waals surface area contributed by atoms with E-state index < -0.39 is 5.97 Å². The van der Waals surface area contributed by atoms with Crippen LogP contribution in [0.2, 0.25) is 0 Å². The summed E-state index contributed by atoms with van der Waals surface area (Å²) in [7, 11) is 3.01. The molecule has 0 heterocycles. The standard InChI is InChI=1S/C9H10N4O2/c1-10-12-6-3-4-7(9(14)15)8(5-6)13-11-2/h3-5H,1-2H3,(H,14,15). The van der Waals surface area contributed by atoms with Gasteiger partial charge in [0.1, 0.15) is 5.69 Å². The van der Waals surface area contributed by atoms with E-state index in [1.54, 1.807) is 6.07 Å². The Labute approximate surface area is 86.4 Å². The van der Waals surface area contributed by atoms with Crippen molar-refractivity contribution >= 4 is 17.3 Å². The molecule has 0 fully saturated rings. The summed E-state index contributed by atoms with van der Waals surface area (Å²) in [4.78, 5) is 10.8. The van der Waals surface area contributed by atoms with Crippen molar-refractivity contribution in [3.63, 3.8) is 0 Å². The molecule has 1 aromatic carbocycles. The van der Waals surface area contributed by atoms with Crippen molar-refractivity contribution in [3.05, 3.63) is 23.8 Å². The first kappa shape index (κ1) is 11.0. The quantitative estimate of drug-likeness (QED) is 0.770. The predicted molar refractivity (Wildman–Crippen MR) is 54.3 cm³/mol. The van der Waals surface area contributed by atoms with Crippen LogP contribution in [0.25, 0.3) is 0 Å². The monoisotopic (exact) mass is 206 g/mol. The van der Waals surface area contributed by atoms with Gasteiger partial charge in [-0.15, -0.1) is 0 Å². The van der Waals surface area contributed by atoms with Crippen molar-refractivity contribution < 1.29 is 9.90 Å². The van der Waals surface area contributed by atoms with Gasteiger partial charge in [-0.1, -0.05) is 0 Å². The van der Waals surface area contributed by atoms with Crippen molar-refractivity contribution in [2.45, 2.75) is 0 Å². The summed E-state index contributed by atoms with van der Waals surface area (Å²) in [5, 5.41) is 23.5. The highest BCUT2D eigenvalue weighted by Gasteiger charge is 2.10. The van der Waals surface area contributed by atoms with Crippen LogP contribution in [0.15, 0.2) is 38.7 Å². The minimum Gasteiger partial charge on any atom is -0.478 e. The molecule has 0 unspecified atom stereocenters. The molecule has 0 aliphatic heterocycles. The molecule has 0 aromatic heterocycles. The van der Waals surface area contributed by atoms with Crippen LogP contribution in [0.4, 0.5) is 11.4 Å². The number of aromatic carboxylic acids is 1. The van der Waals surface area contributed by atoms with Gasteiger partial charge in [0.25, 0.3) is 0 Å². The molecule has 0 bridgehead atoms. The molecule has 0 atom stereocenters. The predicted octanol–water partition coefficient (Wildman–Crippen LogP) is 2.81. The van der Waals surface area contributed by atoms with E-state index in [-0.39, 0.29) is 11.3 Å². The van der Waals surface area contributed by atoms with Crippen molar-refractivity contribution in [2.24, 2.45) is 20.5 Å². The first-order valence-electron chi connectivity index (χ1n) is 4.16. The SMILES string of the molecule is CN=Nc1ccc(C(=O)O)c(N=NC)c1. The number of carbonyl (C=O) groups is 1. The zero-order chi connectivity index (χ0) is 11.3. The van der Waals surface area contributed by atoms with Crippen LogP contribution in [-0.2, 0) is 0 Å². The highest BCUT2D eigenvalue weighted by Crippen LogP contribution is 2.26.